The molecular formula is C12H15NO4S. The highest BCUT2D eigenvalue weighted by molar-refractivity contribution is 7.88. The van der Waals surface area contributed by atoms with E-state index in [1.54, 1.807) is 24.3 Å². The fourth-order valence-corrected chi connectivity index (χ4v) is 1.72. The summed E-state index contributed by atoms with van der Waals surface area (Å²) >= 11 is 0. The van der Waals surface area contributed by atoms with Gasteiger partial charge in [-0.2, -0.15) is 0 Å². The smallest absolute Gasteiger partial charge is 0.328 e. The number of carboxylic acids is 1. The molecule has 0 spiro atoms. The Morgan fingerprint density at radius 3 is 2.67 bits per heavy atom. The fourth-order valence-electron chi connectivity index (χ4n) is 1.34. The van der Waals surface area contributed by atoms with Crippen molar-refractivity contribution in [2.75, 3.05) is 13.3 Å². The number of sulfonamides is 1. The highest BCUT2D eigenvalue weighted by Crippen LogP contribution is 2.10. The molecule has 18 heavy (non-hydrogen) atoms. The second-order valence-corrected chi connectivity index (χ2v) is 6.03. The third-order valence-electron chi connectivity index (χ3n) is 2.34. The lowest BCUT2D eigenvalue weighted by atomic mass is 10.1. The van der Waals surface area contributed by atoms with Crippen LogP contribution in [-0.4, -0.2) is 37.1 Å². The molecule has 0 unspecified atom stereocenters. The van der Waals surface area contributed by atoms with Crippen molar-refractivity contribution in [2.24, 2.45) is 0 Å². The van der Waals surface area contributed by atoms with E-state index in [2.05, 4.69) is 0 Å². The summed E-state index contributed by atoms with van der Waals surface area (Å²) in [5, 5.41) is 8.52. The Labute approximate surface area is 106 Å². The molecule has 1 rings (SSSR count). The van der Waals surface area contributed by atoms with E-state index in [4.69, 9.17) is 5.11 Å². The van der Waals surface area contributed by atoms with Gasteiger partial charge in [-0.1, -0.05) is 24.3 Å². The predicted molar refractivity (Wildman–Crippen MR) is 69.4 cm³/mol. The molecule has 0 atom stereocenters. The maximum Gasteiger partial charge on any atom is 0.328 e. The van der Waals surface area contributed by atoms with Crippen molar-refractivity contribution < 1.29 is 18.3 Å². The quantitative estimate of drug-likeness (QED) is 0.814. The lowest BCUT2D eigenvalue weighted by Gasteiger charge is -2.14. The van der Waals surface area contributed by atoms with Gasteiger partial charge in [-0.25, -0.2) is 17.5 Å². The van der Waals surface area contributed by atoms with Crippen LogP contribution in [0.5, 0.6) is 0 Å². The van der Waals surface area contributed by atoms with Gasteiger partial charge in [0, 0.05) is 19.7 Å². The fraction of sp³-hybridized carbons (Fsp3) is 0.250. The normalized spacial score (nSPS) is 12.2. The monoisotopic (exact) mass is 269 g/mol. The van der Waals surface area contributed by atoms with Gasteiger partial charge in [-0.15, -0.1) is 0 Å². The molecular weight excluding hydrogens is 254 g/mol. The average molecular weight is 269 g/mol. The van der Waals surface area contributed by atoms with Gasteiger partial charge in [-0.3, -0.25) is 0 Å². The van der Waals surface area contributed by atoms with E-state index in [1.165, 1.54) is 17.4 Å². The van der Waals surface area contributed by atoms with Crippen LogP contribution in [0.1, 0.15) is 11.1 Å². The molecule has 0 aliphatic heterocycles. The van der Waals surface area contributed by atoms with Crippen molar-refractivity contribution in [3.8, 4) is 0 Å². The van der Waals surface area contributed by atoms with Crippen LogP contribution in [0.2, 0.25) is 0 Å². The lowest BCUT2D eigenvalue weighted by Crippen LogP contribution is -2.24. The molecule has 0 saturated carbocycles. The molecule has 0 amide bonds. The standard InChI is InChI=1S/C12H15NO4S/c1-13(18(2,16)17)9-11-5-3-4-10(8-11)6-7-12(14)15/h3-8H,9H2,1-2H3,(H,14,15). The molecule has 5 nitrogen and oxygen atoms in total. The zero-order valence-electron chi connectivity index (χ0n) is 10.2. The highest BCUT2D eigenvalue weighted by Gasteiger charge is 2.10. The molecule has 6 heteroatoms. The molecule has 0 bridgehead atoms. The first-order valence-corrected chi connectivity index (χ1v) is 7.05. The van der Waals surface area contributed by atoms with Crippen molar-refractivity contribution in [1.82, 2.24) is 4.31 Å². The van der Waals surface area contributed by atoms with Crippen molar-refractivity contribution >= 4 is 22.1 Å². The van der Waals surface area contributed by atoms with Gasteiger partial charge in [0.1, 0.15) is 0 Å². The summed E-state index contributed by atoms with van der Waals surface area (Å²) in [6.07, 6.45) is 3.65. The first-order chi connectivity index (χ1) is 8.29. The Morgan fingerprint density at radius 1 is 1.44 bits per heavy atom. The maximum absolute atomic E-state index is 11.3. The number of rotatable bonds is 5. The van der Waals surface area contributed by atoms with E-state index in [0.29, 0.717) is 0 Å². The summed E-state index contributed by atoms with van der Waals surface area (Å²) in [6.45, 7) is 0.258. The minimum absolute atomic E-state index is 0.258. The van der Waals surface area contributed by atoms with E-state index in [1.807, 2.05) is 0 Å². The van der Waals surface area contributed by atoms with Gasteiger partial charge in [-0.05, 0) is 17.2 Å². The molecule has 0 aliphatic rings. The largest absolute Gasteiger partial charge is 0.478 e. The molecule has 0 aliphatic carbocycles. The van der Waals surface area contributed by atoms with Crippen LogP contribution in [-0.2, 0) is 21.4 Å². The summed E-state index contributed by atoms with van der Waals surface area (Å²) in [5.41, 5.74) is 1.52. The summed E-state index contributed by atoms with van der Waals surface area (Å²) in [4.78, 5) is 10.4. The van der Waals surface area contributed by atoms with Gasteiger partial charge in [0.25, 0.3) is 0 Å². The second kappa shape index (κ2) is 5.79. The number of carboxylic acid groups (broad SMARTS) is 1. The summed E-state index contributed by atoms with van der Waals surface area (Å²) < 4.78 is 23.8. The molecule has 0 radical (unpaired) electrons. The van der Waals surface area contributed by atoms with Crippen molar-refractivity contribution in [2.45, 2.75) is 6.54 Å². The molecule has 0 fully saturated rings. The van der Waals surface area contributed by atoms with Gasteiger partial charge >= 0.3 is 5.97 Å². The molecule has 1 N–H and O–H groups in total. The Kier molecular flexibility index (Phi) is 4.63. The number of nitrogens with zero attached hydrogens (tertiary/aromatic N) is 1. The highest BCUT2D eigenvalue weighted by atomic mass is 32.2. The summed E-state index contributed by atoms with van der Waals surface area (Å²) in [6, 6.07) is 7.05. The molecule has 1 aromatic carbocycles. The van der Waals surface area contributed by atoms with Crippen molar-refractivity contribution in [3.63, 3.8) is 0 Å². The molecule has 0 aromatic heterocycles. The Bertz CT molecular complexity index is 563. The minimum atomic E-state index is -3.22. The Balaban J connectivity index is 2.86. The predicted octanol–water partition coefficient (Wildman–Crippen LogP) is 1.18. The van der Waals surface area contributed by atoms with Crippen LogP contribution >= 0.6 is 0 Å². The number of aliphatic carboxylic acids is 1. The summed E-state index contributed by atoms with van der Waals surface area (Å²) in [7, 11) is -1.72. The molecule has 1 aromatic rings. The van der Waals surface area contributed by atoms with E-state index >= 15 is 0 Å². The summed E-state index contributed by atoms with van der Waals surface area (Å²) in [5.74, 6) is -1.02. The first kappa shape index (κ1) is 14.4. The van der Waals surface area contributed by atoms with E-state index in [-0.39, 0.29) is 6.54 Å². The SMILES string of the molecule is CN(Cc1cccc(C=CC(=O)O)c1)S(C)(=O)=O. The zero-order valence-corrected chi connectivity index (χ0v) is 11.0. The molecule has 98 valence electrons. The third-order valence-corrected chi connectivity index (χ3v) is 3.60. The van der Waals surface area contributed by atoms with Crippen LogP contribution in [0.15, 0.2) is 30.3 Å². The van der Waals surface area contributed by atoms with E-state index < -0.39 is 16.0 Å². The van der Waals surface area contributed by atoms with Crippen LogP contribution in [0.3, 0.4) is 0 Å². The van der Waals surface area contributed by atoms with E-state index in [0.717, 1.165) is 23.5 Å². The topological polar surface area (TPSA) is 74.7 Å². The van der Waals surface area contributed by atoms with Crippen LogP contribution < -0.4 is 0 Å². The number of benzene rings is 1. The number of hydrogen-bond donors (Lipinski definition) is 1. The number of carbonyl (C=O) groups is 1. The maximum atomic E-state index is 11.3. The molecule has 0 heterocycles. The van der Waals surface area contributed by atoms with Gasteiger partial charge < -0.3 is 5.11 Å². The van der Waals surface area contributed by atoms with E-state index in [9.17, 15) is 13.2 Å². The number of hydrogen-bond acceptors (Lipinski definition) is 3. The first-order valence-electron chi connectivity index (χ1n) is 5.20. The van der Waals surface area contributed by atoms with Gasteiger partial charge in [0.15, 0.2) is 0 Å². The second-order valence-electron chi connectivity index (χ2n) is 3.94. The van der Waals surface area contributed by atoms with Crippen molar-refractivity contribution in [3.05, 3.63) is 41.5 Å². The van der Waals surface area contributed by atoms with Gasteiger partial charge in [0.2, 0.25) is 10.0 Å². The van der Waals surface area contributed by atoms with Crippen LogP contribution in [0, 0.1) is 0 Å². The Morgan fingerprint density at radius 2 is 2.11 bits per heavy atom. The lowest BCUT2D eigenvalue weighted by molar-refractivity contribution is -0.131. The average Bonchev–Trinajstić information content (AvgIpc) is 2.25. The van der Waals surface area contributed by atoms with Crippen LogP contribution in [0.25, 0.3) is 6.08 Å². The van der Waals surface area contributed by atoms with Crippen LogP contribution in [0.4, 0.5) is 0 Å². The third kappa shape index (κ3) is 4.68. The Hall–Kier alpha value is -1.66. The zero-order chi connectivity index (χ0) is 13.8. The van der Waals surface area contributed by atoms with Crippen molar-refractivity contribution in [1.29, 1.82) is 0 Å². The minimum Gasteiger partial charge on any atom is -0.478 e. The molecule has 0 saturated heterocycles. The van der Waals surface area contributed by atoms with Gasteiger partial charge in [0.05, 0.1) is 6.26 Å².